The van der Waals surface area contributed by atoms with Crippen molar-refractivity contribution in [2.24, 2.45) is 7.05 Å². The number of hydrogen-bond acceptors (Lipinski definition) is 3. The minimum atomic E-state index is 0.421. The molecule has 2 heterocycles. The summed E-state index contributed by atoms with van der Waals surface area (Å²) in [7, 11) is 1.86. The van der Waals surface area contributed by atoms with Crippen LogP contribution in [0, 0.1) is 0 Å². The predicted molar refractivity (Wildman–Crippen MR) is 56.8 cm³/mol. The molecule has 0 amide bonds. The van der Waals surface area contributed by atoms with E-state index in [1.54, 1.807) is 29.2 Å². The topological polar surface area (TPSA) is 39.9 Å². The van der Waals surface area contributed by atoms with E-state index in [4.69, 9.17) is 16.3 Å². The molecule has 0 unspecified atom stereocenters. The fraction of sp³-hybridized carbons (Fsp3) is 0.200. The summed E-state index contributed by atoms with van der Waals surface area (Å²) in [4.78, 5) is 4.02. The molecule has 0 saturated carbocycles. The number of aryl methyl sites for hydroxylation is 1. The van der Waals surface area contributed by atoms with Crippen LogP contribution in [-0.4, -0.2) is 14.8 Å². The van der Waals surface area contributed by atoms with Crippen LogP contribution in [0.2, 0.25) is 5.02 Å². The van der Waals surface area contributed by atoms with Gasteiger partial charge in [-0.15, -0.1) is 0 Å². The predicted octanol–water partition coefficient (Wildman–Crippen LogP) is 2.05. The molecule has 0 radical (unpaired) electrons. The Bertz CT molecular complexity index is 455. The first-order chi connectivity index (χ1) is 7.25. The summed E-state index contributed by atoms with van der Waals surface area (Å²) in [6.07, 6.45) is 5.28. The van der Waals surface area contributed by atoms with E-state index in [1.807, 2.05) is 13.2 Å². The Morgan fingerprint density at radius 1 is 1.53 bits per heavy atom. The average molecular weight is 224 g/mol. The van der Waals surface area contributed by atoms with Crippen molar-refractivity contribution in [3.05, 3.63) is 41.3 Å². The second kappa shape index (κ2) is 4.31. The van der Waals surface area contributed by atoms with Gasteiger partial charge in [0.1, 0.15) is 11.6 Å². The summed E-state index contributed by atoms with van der Waals surface area (Å²) in [6, 6.07) is 3.51. The molecule has 0 spiro atoms. The maximum Gasteiger partial charge on any atom is 0.232 e. The number of ether oxygens (including phenoxy) is 1. The third-order valence-corrected chi connectivity index (χ3v) is 2.15. The summed E-state index contributed by atoms with van der Waals surface area (Å²) in [5.74, 6) is 0.447. The molecule has 5 heteroatoms. The molecule has 0 aliphatic rings. The number of pyridine rings is 1. The molecule has 2 rings (SSSR count). The highest BCUT2D eigenvalue weighted by molar-refractivity contribution is 6.31. The van der Waals surface area contributed by atoms with Gasteiger partial charge in [-0.05, 0) is 12.1 Å². The van der Waals surface area contributed by atoms with Crippen LogP contribution in [0.4, 0.5) is 0 Å². The largest absolute Gasteiger partial charge is 0.472 e. The van der Waals surface area contributed by atoms with Crippen LogP contribution in [0.5, 0.6) is 5.88 Å². The molecule has 0 atom stereocenters. The highest BCUT2D eigenvalue weighted by Gasteiger charge is 2.02. The normalized spacial score (nSPS) is 10.3. The lowest BCUT2D eigenvalue weighted by atomic mass is 10.4. The minimum absolute atomic E-state index is 0.421. The molecule has 0 fully saturated rings. The summed E-state index contributed by atoms with van der Waals surface area (Å²) in [5.41, 5.74) is 0.985. The van der Waals surface area contributed by atoms with Crippen molar-refractivity contribution >= 4 is 11.6 Å². The van der Waals surface area contributed by atoms with Crippen LogP contribution in [0.25, 0.3) is 0 Å². The fourth-order valence-electron chi connectivity index (χ4n) is 1.18. The Hall–Kier alpha value is -1.55. The first-order valence-corrected chi connectivity index (χ1v) is 4.84. The Labute approximate surface area is 92.5 Å². The van der Waals surface area contributed by atoms with Crippen LogP contribution in [-0.2, 0) is 13.7 Å². The Morgan fingerprint density at radius 3 is 3.07 bits per heavy atom. The lowest BCUT2D eigenvalue weighted by Gasteiger charge is -2.04. The fourth-order valence-corrected chi connectivity index (χ4v) is 1.35. The van der Waals surface area contributed by atoms with Gasteiger partial charge in [0.05, 0.1) is 6.20 Å². The standard InChI is InChI=1S/C10H10ClN3O/c1-14-6-8(5-13-14)7-15-10-9(11)3-2-4-12-10/h2-6H,7H2,1H3. The van der Waals surface area contributed by atoms with Crippen LogP contribution in [0.3, 0.4) is 0 Å². The number of nitrogens with zero attached hydrogens (tertiary/aromatic N) is 3. The van der Waals surface area contributed by atoms with E-state index in [2.05, 4.69) is 10.1 Å². The van der Waals surface area contributed by atoms with E-state index < -0.39 is 0 Å². The molecule has 0 N–H and O–H groups in total. The van der Waals surface area contributed by atoms with E-state index >= 15 is 0 Å². The van der Waals surface area contributed by atoms with Gasteiger partial charge in [0.25, 0.3) is 0 Å². The lowest BCUT2D eigenvalue weighted by molar-refractivity contribution is 0.294. The van der Waals surface area contributed by atoms with E-state index in [-0.39, 0.29) is 0 Å². The first kappa shape index (κ1) is 9.98. The van der Waals surface area contributed by atoms with Crippen LogP contribution in [0.1, 0.15) is 5.56 Å². The highest BCUT2D eigenvalue weighted by Crippen LogP contribution is 2.20. The van der Waals surface area contributed by atoms with Gasteiger partial charge in [-0.2, -0.15) is 5.10 Å². The van der Waals surface area contributed by atoms with Gasteiger partial charge < -0.3 is 4.74 Å². The van der Waals surface area contributed by atoms with E-state index in [0.29, 0.717) is 17.5 Å². The second-order valence-corrected chi connectivity index (χ2v) is 3.51. The maximum atomic E-state index is 5.89. The first-order valence-electron chi connectivity index (χ1n) is 4.46. The Balaban J connectivity index is 2.02. The van der Waals surface area contributed by atoms with E-state index in [9.17, 15) is 0 Å². The molecule has 0 aliphatic heterocycles. The zero-order valence-electron chi connectivity index (χ0n) is 8.22. The molecule has 2 aromatic rings. The molecule has 0 bridgehead atoms. The van der Waals surface area contributed by atoms with E-state index in [1.165, 1.54) is 0 Å². The quantitative estimate of drug-likeness (QED) is 0.800. The van der Waals surface area contributed by atoms with Crippen LogP contribution < -0.4 is 4.74 Å². The summed E-state index contributed by atoms with van der Waals surface area (Å²) < 4.78 is 7.16. The molecule has 0 saturated heterocycles. The van der Waals surface area contributed by atoms with Crippen molar-refractivity contribution in [2.45, 2.75) is 6.61 Å². The molecule has 2 aromatic heterocycles. The van der Waals surface area contributed by atoms with Crippen LogP contribution in [0.15, 0.2) is 30.7 Å². The molecule has 4 nitrogen and oxygen atoms in total. The van der Waals surface area contributed by atoms with Gasteiger partial charge >= 0.3 is 0 Å². The van der Waals surface area contributed by atoms with Gasteiger partial charge in [0, 0.05) is 25.0 Å². The van der Waals surface area contributed by atoms with Gasteiger partial charge in [0.15, 0.2) is 0 Å². The van der Waals surface area contributed by atoms with Crippen molar-refractivity contribution in [3.8, 4) is 5.88 Å². The third kappa shape index (κ3) is 2.47. The maximum absolute atomic E-state index is 5.89. The van der Waals surface area contributed by atoms with Crippen LogP contribution >= 0.6 is 11.6 Å². The molecule has 78 valence electrons. The number of rotatable bonds is 3. The lowest BCUT2D eigenvalue weighted by Crippen LogP contribution is -1.96. The monoisotopic (exact) mass is 223 g/mol. The van der Waals surface area contributed by atoms with Gasteiger partial charge in [-0.3, -0.25) is 4.68 Å². The van der Waals surface area contributed by atoms with E-state index in [0.717, 1.165) is 5.56 Å². The SMILES string of the molecule is Cn1cc(COc2ncccc2Cl)cn1. The molecular formula is C10H10ClN3O. The summed E-state index contributed by atoms with van der Waals surface area (Å²) in [6.45, 7) is 0.421. The van der Waals surface area contributed by atoms with Crippen molar-refractivity contribution in [3.63, 3.8) is 0 Å². The Morgan fingerprint density at radius 2 is 2.40 bits per heavy atom. The number of halogens is 1. The summed E-state index contributed by atoms with van der Waals surface area (Å²) in [5, 5.41) is 4.55. The molecule has 0 aliphatic carbocycles. The second-order valence-electron chi connectivity index (χ2n) is 3.10. The average Bonchev–Trinajstić information content (AvgIpc) is 2.63. The molecule has 0 aromatic carbocycles. The smallest absolute Gasteiger partial charge is 0.232 e. The third-order valence-electron chi connectivity index (χ3n) is 1.86. The van der Waals surface area contributed by atoms with Crippen molar-refractivity contribution in [1.29, 1.82) is 0 Å². The number of aromatic nitrogens is 3. The minimum Gasteiger partial charge on any atom is -0.472 e. The Kier molecular flexibility index (Phi) is 2.87. The zero-order chi connectivity index (χ0) is 10.7. The van der Waals surface area contributed by atoms with Crippen molar-refractivity contribution in [2.75, 3.05) is 0 Å². The highest BCUT2D eigenvalue weighted by atomic mass is 35.5. The number of hydrogen-bond donors (Lipinski definition) is 0. The van der Waals surface area contributed by atoms with Gasteiger partial charge in [0.2, 0.25) is 5.88 Å². The zero-order valence-corrected chi connectivity index (χ0v) is 8.98. The molecular weight excluding hydrogens is 214 g/mol. The molecule has 15 heavy (non-hydrogen) atoms. The van der Waals surface area contributed by atoms with Gasteiger partial charge in [-0.25, -0.2) is 4.98 Å². The van der Waals surface area contributed by atoms with Crippen molar-refractivity contribution < 1.29 is 4.74 Å². The van der Waals surface area contributed by atoms with Crippen molar-refractivity contribution in [1.82, 2.24) is 14.8 Å². The summed E-state index contributed by atoms with van der Waals surface area (Å²) >= 11 is 5.89. The van der Waals surface area contributed by atoms with Gasteiger partial charge in [-0.1, -0.05) is 11.6 Å².